The van der Waals surface area contributed by atoms with E-state index in [1.165, 1.54) is 12.1 Å². The van der Waals surface area contributed by atoms with Crippen molar-refractivity contribution in [3.8, 4) is 28.1 Å². The maximum Gasteiger partial charge on any atom is 0.340 e. The van der Waals surface area contributed by atoms with Crippen LogP contribution in [-0.2, 0) is 14.3 Å². The number of amides is 1. The Hall–Kier alpha value is -4.40. The molecule has 162 valence electrons. The highest BCUT2D eigenvalue weighted by molar-refractivity contribution is 6.02. The molecule has 9 nitrogen and oxygen atoms in total. The Morgan fingerprint density at radius 3 is 2.56 bits per heavy atom. The number of rotatable bonds is 5. The molecule has 0 bridgehead atoms. The number of para-hydroxylation sites is 1. The third-order valence-corrected chi connectivity index (χ3v) is 5.06. The lowest BCUT2D eigenvalue weighted by atomic mass is 9.97. The van der Waals surface area contributed by atoms with Gasteiger partial charge in [-0.1, -0.05) is 24.3 Å². The van der Waals surface area contributed by atoms with Gasteiger partial charge in [0.1, 0.15) is 17.1 Å². The Morgan fingerprint density at radius 1 is 1.09 bits per heavy atom. The Kier molecular flexibility index (Phi) is 5.46. The molecule has 1 amide bonds. The second kappa shape index (κ2) is 8.38. The molecular weight excluding hydrogens is 414 g/mol. The molecule has 0 radical (unpaired) electrons. The number of esters is 1. The van der Waals surface area contributed by atoms with E-state index in [-0.39, 0.29) is 29.1 Å². The molecule has 32 heavy (non-hydrogen) atoms. The first kappa shape index (κ1) is 20.9. The maximum atomic E-state index is 12.4. The Balaban J connectivity index is 1.74. The number of cyclic esters (lactones) is 1. The summed E-state index contributed by atoms with van der Waals surface area (Å²) in [6.45, 7) is 0. The number of aromatic hydroxyl groups is 1. The standard InChI is InChI=1S/C23H19N3O6/c24-21-20(23(30)31)15(11-16(26-21)14-6-1-2-7-17(14)27)12-4-3-5-13(10-12)25-22(29)18-8-9-19(28)32-18/h1-7,10-11,18,27H,8-9H2,(H2,24,26)(H,25,29)(H,30,31). The Bertz CT molecular complexity index is 1240. The normalized spacial score (nSPS) is 15.2. The monoisotopic (exact) mass is 433 g/mol. The van der Waals surface area contributed by atoms with Gasteiger partial charge in [0.25, 0.3) is 5.91 Å². The number of aromatic nitrogens is 1. The Morgan fingerprint density at radius 2 is 1.88 bits per heavy atom. The molecule has 1 aliphatic heterocycles. The first-order chi connectivity index (χ1) is 15.3. The van der Waals surface area contributed by atoms with E-state index < -0.39 is 23.9 Å². The van der Waals surface area contributed by atoms with E-state index >= 15 is 0 Å². The van der Waals surface area contributed by atoms with Gasteiger partial charge < -0.3 is 26.0 Å². The predicted molar refractivity (Wildman–Crippen MR) is 116 cm³/mol. The lowest BCUT2D eigenvalue weighted by Gasteiger charge is -2.14. The van der Waals surface area contributed by atoms with Gasteiger partial charge in [-0.15, -0.1) is 0 Å². The Labute approximate surface area is 182 Å². The van der Waals surface area contributed by atoms with Gasteiger partial charge in [0.2, 0.25) is 0 Å². The van der Waals surface area contributed by atoms with E-state index in [9.17, 15) is 24.6 Å². The summed E-state index contributed by atoms with van der Waals surface area (Å²) < 4.78 is 4.98. The number of hydrogen-bond donors (Lipinski definition) is 4. The summed E-state index contributed by atoms with van der Waals surface area (Å²) in [5, 5.41) is 22.6. The van der Waals surface area contributed by atoms with Crippen LogP contribution in [0.5, 0.6) is 5.75 Å². The van der Waals surface area contributed by atoms with Crippen molar-refractivity contribution in [2.45, 2.75) is 18.9 Å². The molecule has 5 N–H and O–H groups in total. The SMILES string of the molecule is Nc1nc(-c2ccccc2O)cc(-c2cccc(NC(=O)C3CCC(=O)O3)c2)c1C(=O)O. The number of carboxylic acid groups (broad SMARTS) is 1. The van der Waals surface area contributed by atoms with Crippen LogP contribution < -0.4 is 11.1 Å². The highest BCUT2D eigenvalue weighted by atomic mass is 16.6. The molecule has 0 saturated carbocycles. The number of hydrogen-bond acceptors (Lipinski definition) is 7. The summed E-state index contributed by atoms with van der Waals surface area (Å²) in [4.78, 5) is 39.7. The molecule has 2 aromatic carbocycles. The molecule has 0 spiro atoms. The molecule has 1 aliphatic rings. The molecule has 1 unspecified atom stereocenters. The predicted octanol–water partition coefficient (Wildman–Crippen LogP) is 3.05. The number of pyridine rings is 1. The van der Waals surface area contributed by atoms with Crippen molar-refractivity contribution in [2.24, 2.45) is 0 Å². The van der Waals surface area contributed by atoms with Crippen LogP contribution in [0.4, 0.5) is 11.5 Å². The second-order valence-corrected chi connectivity index (χ2v) is 7.22. The smallest absolute Gasteiger partial charge is 0.340 e. The number of carbonyl (C=O) groups is 3. The van der Waals surface area contributed by atoms with E-state index in [4.69, 9.17) is 10.5 Å². The number of nitrogens with zero attached hydrogens (tertiary/aromatic N) is 1. The van der Waals surface area contributed by atoms with Gasteiger partial charge in [-0.25, -0.2) is 9.78 Å². The number of carbonyl (C=O) groups excluding carboxylic acids is 2. The summed E-state index contributed by atoms with van der Waals surface area (Å²) in [6, 6.07) is 14.6. The van der Waals surface area contributed by atoms with Crippen LogP contribution in [-0.4, -0.2) is 39.1 Å². The minimum Gasteiger partial charge on any atom is -0.507 e. The topological polar surface area (TPSA) is 152 Å². The number of nitrogens with two attached hydrogens (primary N) is 1. The summed E-state index contributed by atoms with van der Waals surface area (Å²) >= 11 is 0. The number of nitrogen functional groups attached to an aromatic ring is 1. The van der Waals surface area contributed by atoms with Crippen molar-refractivity contribution in [1.29, 1.82) is 0 Å². The van der Waals surface area contributed by atoms with Crippen LogP contribution in [0.1, 0.15) is 23.2 Å². The number of aromatic carboxylic acids is 1. The average Bonchev–Trinajstić information content (AvgIpc) is 3.20. The molecule has 9 heteroatoms. The first-order valence-corrected chi connectivity index (χ1v) is 9.76. The summed E-state index contributed by atoms with van der Waals surface area (Å²) in [6.07, 6.45) is -0.367. The van der Waals surface area contributed by atoms with Crippen molar-refractivity contribution < 1.29 is 29.3 Å². The van der Waals surface area contributed by atoms with Gasteiger partial charge in [0.15, 0.2) is 6.10 Å². The van der Waals surface area contributed by atoms with Gasteiger partial charge in [0, 0.05) is 29.7 Å². The van der Waals surface area contributed by atoms with E-state index in [2.05, 4.69) is 10.3 Å². The largest absolute Gasteiger partial charge is 0.507 e. The lowest BCUT2D eigenvalue weighted by molar-refractivity contribution is -0.146. The van der Waals surface area contributed by atoms with Crippen molar-refractivity contribution >= 4 is 29.4 Å². The van der Waals surface area contributed by atoms with Crippen LogP contribution in [0.25, 0.3) is 22.4 Å². The molecule has 1 aromatic heterocycles. The summed E-state index contributed by atoms with van der Waals surface area (Å²) in [7, 11) is 0. The first-order valence-electron chi connectivity index (χ1n) is 9.76. The fraction of sp³-hybridized carbons (Fsp3) is 0.130. The molecule has 0 aliphatic carbocycles. The fourth-order valence-corrected chi connectivity index (χ4v) is 3.54. The van der Waals surface area contributed by atoms with Crippen molar-refractivity contribution in [1.82, 2.24) is 4.98 Å². The molecule has 1 saturated heterocycles. The minimum atomic E-state index is -1.26. The van der Waals surface area contributed by atoms with Crippen LogP contribution >= 0.6 is 0 Å². The van der Waals surface area contributed by atoms with Gasteiger partial charge >= 0.3 is 11.9 Å². The summed E-state index contributed by atoms with van der Waals surface area (Å²) in [5.74, 6) is -2.38. The zero-order chi connectivity index (χ0) is 22.8. The molecular formula is C23H19N3O6. The highest BCUT2D eigenvalue weighted by Gasteiger charge is 2.30. The van der Waals surface area contributed by atoms with Crippen LogP contribution in [0.2, 0.25) is 0 Å². The number of phenols is 1. The number of ether oxygens (including phenoxy) is 1. The third kappa shape index (κ3) is 4.08. The molecule has 3 aromatic rings. The molecule has 1 fully saturated rings. The maximum absolute atomic E-state index is 12.4. The van der Waals surface area contributed by atoms with Crippen molar-refractivity contribution in [3.63, 3.8) is 0 Å². The van der Waals surface area contributed by atoms with E-state index in [1.807, 2.05) is 0 Å². The zero-order valence-corrected chi connectivity index (χ0v) is 16.7. The number of nitrogens with one attached hydrogen (secondary N) is 1. The van der Waals surface area contributed by atoms with Crippen molar-refractivity contribution in [3.05, 3.63) is 60.2 Å². The third-order valence-electron chi connectivity index (χ3n) is 5.06. The van der Waals surface area contributed by atoms with Gasteiger partial charge in [-0.2, -0.15) is 0 Å². The van der Waals surface area contributed by atoms with Gasteiger partial charge in [-0.3, -0.25) is 9.59 Å². The summed E-state index contributed by atoms with van der Waals surface area (Å²) in [5.41, 5.74) is 7.60. The van der Waals surface area contributed by atoms with E-state index in [1.54, 1.807) is 42.5 Å². The zero-order valence-electron chi connectivity index (χ0n) is 16.7. The quantitative estimate of drug-likeness (QED) is 0.448. The van der Waals surface area contributed by atoms with E-state index in [0.717, 1.165) is 0 Å². The fourth-order valence-electron chi connectivity index (χ4n) is 3.54. The molecule has 1 atom stereocenters. The van der Waals surface area contributed by atoms with Crippen LogP contribution in [0, 0.1) is 0 Å². The molecule has 4 rings (SSSR count). The number of phenolic OH excluding ortho intramolecular Hbond substituents is 1. The molecule has 2 heterocycles. The number of carboxylic acids is 1. The number of benzene rings is 2. The van der Waals surface area contributed by atoms with Crippen molar-refractivity contribution in [2.75, 3.05) is 11.1 Å². The number of anilines is 2. The van der Waals surface area contributed by atoms with Gasteiger partial charge in [-0.05, 0) is 35.9 Å². The van der Waals surface area contributed by atoms with Crippen LogP contribution in [0.3, 0.4) is 0 Å². The van der Waals surface area contributed by atoms with E-state index in [0.29, 0.717) is 28.9 Å². The highest BCUT2D eigenvalue weighted by Crippen LogP contribution is 2.35. The van der Waals surface area contributed by atoms with Crippen LogP contribution in [0.15, 0.2) is 54.6 Å². The van der Waals surface area contributed by atoms with Gasteiger partial charge in [0.05, 0.1) is 5.69 Å². The second-order valence-electron chi connectivity index (χ2n) is 7.22. The average molecular weight is 433 g/mol. The minimum absolute atomic E-state index is 0.0273. The lowest BCUT2D eigenvalue weighted by Crippen LogP contribution is -2.27.